The second-order valence-electron chi connectivity index (χ2n) is 10.8. The Kier molecular flexibility index (Phi) is 5.33. The number of piperazine rings is 1. The Morgan fingerprint density at radius 1 is 1.15 bits per heavy atom. The van der Waals surface area contributed by atoms with Crippen LogP contribution in [-0.4, -0.2) is 85.1 Å². The molecule has 8 nitrogen and oxygen atoms in total. The number of amides is 1. The van der Waals surface area contributed by atoms with Gasteiger partial charge in [-0.1, -0.05) is 0 Å². The Hall–Kier alpha value is -2.26. The van der Waals surface area contributed by atoms with Gasteiger partial charge in [0.25, 0.3) is 0 Å². The molecule has 3 aliphatic heterocycles. The molecular formula is C26H34N4O4. The molecule has 4 fully saturated rings. The standard InChI is InChI=1S/C26H34N4O4/c1-17-9-19-13-27-23(28-24(32)20-12-26(20)3-8-33-16-26)11-18(19)10-21(17)29-4-6-30(7-5-29)25(2)15-34-14-22(25)31/h9-11,13,20,22,31H,3-8,12,14-16H2,1-2H3,(H,27,28,32)/t20-,22+,25-,26-/m0/s1. The number of nitrogens with one attached hydrogen (secondary N) is 1. The summed E-state index contributed by atoms with van der Waals surface area (Å²) in [7, 11) is 0. The number of aromatic nitrogens is 1. The van der Waals surface area contributed by atoms with Crippen molar-refractivity contribution in [2.75, 3.05) is 62.8 Å². The van der Waals surface area contributed by atoms with E-state index < -0.39 is 6.10 Å². The number of nitrogens with zero attached hydrogens (tertiary/aromatic N) is 3. The van der Waals surface area contributed by atoms with Gasteiger partial charge < -0.3 is 24.8 Å². The first kappa shape index (κ1) is 22.2. The second kappa shape index (κ2) is 8.16. The molecule has 2 N–H and O–H groups in total. The van der Waals surface area contributed by atoms with Crippen LogP contribution in [0.15, 0.2) is 24.4 Å². The maximum atomic E-state index is 12.8. The van der Waals surface area contributed by atoms with Crippen LogP contribution in [0.2, 0.25) is 0 Å². The van der Waals surface area contributed by atoms with Crippen LogP contribution in [0.25, 0.3) is 10.8 Å². The van der Waals surface area contributed by atoms with Crippen molar-refractivity contribution in [1.82, 2.24) is 9.88 Å². The lowest BCUT2D eigenvalue weighted by Gasteiger charge is -2.45. The number of fused-ring (bicyclic) bond motifs is 1. The predicted octanol–water partition coefficient (Wildman–Crippen LogP) is 2.18. The zero-order chi connectivity index (χ0) is 23.5. The van der Waals surface area contributed by atoms with Gasteiger partial charge in [0.2, 0.25) is 5.91 Å². The summed E-state index contributed by atoms with van der Waals surface area (Å²) >= 11 is 0. The smallest absolute Gasteiger partial charge is 0.229 e. The highest BCUT2D eigenvalue weighted by Crippen LogP contribution is 2.58. The number of rotatable bonds is 4. The summed E-state index contributed by atoms with van der Waals surface area (Å²) in [4.78, 5) is 22.1. The maximum absolute atomic E-state index is 12.8. The molecule has 34 heavy (non-hydrogen) atoms. The molecule has 0 bridgehead atoms. The summed E-state index contributed by atoms with van der Waals surface area (Å²) in [6, 6.07) is 6.38. The SMILES string of the molecule is Cc1cc2cnc(NC(=O)[C@@H]3C[C@]34CCOC4)cc2cc1N1CCN([C@@]2(C)COC[C@H]2O)CC1. The van der Waals surface area contributed by atoms with Crippen LogP contribution in [0, 0.1) is 18.3 Å². The van der Waals surface area contributed by atoms with E-state index in [1.165, 1.54) is 11.3 Å². The summed E-state index contributed by atoms with van der Waals surface area (Å²) in [6.07, 6.45) is 3.32. The molecule has 1 aromatic carbocycles. The van der Waals surface area contributed by atoms with Gasteiger partial charge in [-0.3, -0.25) is 9.69 Å². The van der Waals surface area contributed by atoms with Crippen LogP contribution < -0.4 is 10.2 Å². The van der Waals surface area contributed by atoms with E-state index in [0.29, 0.717) is 25.6 Å². The minimum Gasteiger partial charge on any atom is -0.389 e. The average Bonchev–Trinajstić information content (AvgIpc) is 3.14. The van der Waals surface area contributed by atoms with Crippen LogP contribution in [0.4, 0.5) is 11.5 Å². The number of carbonyl (C=O) groups is 1. The normalized spacial score (nSPS) is 33.7. The van der Waals surface area contributed by atoms with Gasteiger partial charge in [0.05, 0.1) is 31.5 Å². The van der Waals surface area contributed by atoms with Gasteiger partial charge in [-0.2, -0.15) is 0 Å². The summed E-state index contributed by atoms with van der Waals surface area (Å²) in [6.45, 7) is 10.3. The lowest BCUT2D eigenvalue weighted by atomic mass is 9.95. The molecule has 1 aromatic heterocycles. The van der Waals surface area contributed by atoms with Gasteiger partial charge in [0, 0.05) is 61.4 Å². The Morgan fingerprint density at radius 2 is 1.97 bits per heavy atom. The fraction of sp³-hybridized carbons (Fsp3) is 0.615. The Bertz CT molecular complexity index is 1110. The Labute approximate surface area is 200 Å². The molecule has 4 aliphatic rings. The van der Waals surface area contributed by atoms with E-state index in [-0.39, 0.29) is 22.8 Å². The molecule has 6 rings (SSSR count). The van der Waals surface area contributed by atoms with Gasteiger partial charge in [0.15, 0.2) is 0 Å². The molecule has 1 amide bonds. The average molecular weight is 467 g/mol. The number of aliphatic hydroxyl groups is 1. The summed E-state index contributed by atoms with van der Waals surface area (Å²) in [5.41, 5.74) is 2.21. The molecule has 0 unspecified atom stereocenters. The number of anilines is 2. The third kappa shape index (κ3) is 3.68. The third-order valence-electron chi connectivity index (χ3n) is 8.66. The minimum absolute atomic E-state index is 0.0445. The number of benzene rings is 1. The molecule has 182 valence electrons. The minimum atomic E-state index is -0.436. The van der Waals surface area contributed by atoms with Crippen molar-refractivity contribution in [2.24, 2.45) is 11.3 Å². The highest BCUT2D eigenvalue weighted by Gasteiger charge is 2.59. The van der Waals surface area contributed by atoms with E-state index in [1.54, 1.807) is 0 Å². The van der Waals surface area contributed by atoms with Crippen molar-refractivity contribution in [2.45, 2.75) is 38.3 Å². The number of aryl methyl sites for hydroxylation is 1. The summed E-state index contributed by atoms with van der Waals surface area (Å²) in [5, 5.41) is 15.6. The van der Waals surface area contributed by atoms with E-state index in [9.17, 15) is 9.90 Å². The highest BCUT2D eigenvalue weighted by molar-refractivity contribution is 5.97. The maximum Gasteiger partial charge on any atom is 0.229 e. The molecule has 2 aromatic rings. The number of aliphatic hydroxyl groups excluding tert-OH is 1. The number of pyridine rings is 1. The van der Waals surface area contributed by atoms with E-state index in [2.05, 4.69) is 46.1 Å². The van der Waals surface area contributed by atoms with E-state index >= 15 is 0 Å². The zero-order valence-electron chi connectivity index (χ0n) is 20.0. The van der Waals surface area contributed by atoms with Crippen molar-refractivity contribution in [1.29, 1.82) is 0 Å². The molecule has 4 heterocycles. The number of ether oxygens (including phenoxy) is 2. The number of carbonyl (C=O) groups excluding carboxylic acids is 1. The van der Waals surface area contributed by atoms with Crippen LogP contribution >= 0.6 is 0 Å². The first-order chi connectivity index (χ1) is 16.4. The van der Waals surface area contributed by atoms with Gasteiger partial charge in [-0.05, 0) is 55.8 Å². The van der Waals surface area contributed by atoms with Gasteiger partial charge in [-0.25, -0.2) is 4.98 Å². The van der Waals surface area contributed by atoms with Crippen molar-refractivity contribution < 1.29 is 19.4 Å². The van der Waals surface area contributed by atoms with Crippen molar-refractivity contribution in [3.05, 3.63) is 30.0 Å². The van der Waals surface area contributed by atoms with Gasteiger partial charge in [0.1, 0.15) is 5.82 Å². The zero-order valence-corrected chi connectivity index (χ0v) is 20.0. The first-order valence-corrected chi connectivity index (χ1v) is 12.4. The predicted molar refractivity (Wildman–Crippen MR) is 130 cm³/mol. The molecule has 4 atom stereocenters. The lowest BCUT2D eigenvalue weighted by Crippen LogP contribution is -2.60. The first-order valence-electron chi connectivity index (χ1n) is 12.4. The summed E-state index contributed by atoms with van der Waals surface area (Å²) < 4.78 is 11.1. The van der Waals surface area contributed by atoms with Crippen molar-refractivity contribution >= 4 is 28.2 Å². The molecule has 1 saturated carbocycles. The van der Waals surface area contributed by atoms with Crippen LogP contribution in [-0.2, 0) is 14.3 Å². The molecule has 3 saturated heterocycles. The van der Waals surface area contributed by atoms with E-state index in [1.807, 2.05) is 12.3 Å². The third-order valence-corrected chi connectivity index (χ3v) is 8.66. The molecule has 0 radical (unpaired) electrons. The molecule has 1 spiro atoms. The monoisotopic (exact) mass is 466 g/mol. The fourth-order valence-corrected chi connectivity index (χ4v) is 6.11. The highest BCUT2D eigenvalue weighted by atomic mass is 16.5. The Morgan fingerprint density at radius 3 is 2.68 bits per heavy atom. The van der Waals surface area contributed by atoms with Crippen LogP contribution in [0.5, 0.6) is 0 Å². The van der Waals surface area contributed by atoms with Crippen LogP contribution in [0.3, 0.4) is 0 Å². The lowest BCUT2D eigenvalue weighted by molar-refractivity contribution is -0.118. The largest absolute Gasteiger partial charge is 0.389 e. The quantitative estimate of drug-likeness (QED) is 0.714. The second-order valence-corrected chi connectivity index (χ2v) is 10.8. The molecule has 8 heteroatoms. The number of hydrogen-bond donors (Lipinski definition) is 2. The van der Waals surface area contributed by atoms with Gasteiger partial charge >= 0.3 is 0 Å². The van der Waals surface area contributed by atoms with Crippen molar-refractivity contribution in [3.63, 3.8) is 0 Å². The van der Waals surface area contributed by atoms with Crippen molar-refractivity contribution in [3.8, 4) is 0 Å². The number of hydrogen-bond acceptors (Lipinski definition) is 7. The topological polar surface area (TPSA) is 87.2 Å². The molecular weight excluding hydrogens is 432 g/mol. The summed E-state index contributed by atoms with van der Waals surface area (Å²) in [5.74, 6) is 0.719. The van der Waals surface area contributed by atoms with E-state index in [4.69, 9.17) is 9.47 Å². The van der Waals surface area contributed by atoms with Gasteiger partial charge in [-0.15, -0.1) is 0 Å². The Balaban J connectivity index is 1.16. The van der Waals surface area contributed by atoms with E-state index in [0.717, 1.165) is 56.4 Å². The fourth-order valence-electron chi connectivity index (χ4n) is 6.11. The molecule has 1 aliphatic carbocycles. The van der Waals surface area contributed by atoms with Crippen LogP contribution in [0.1, 0.15) is 25.3 Å².